The molecule has 0 aromatic heterocycles. The summed E-state index contributed by atoms with van der Waals surface area (Å²) in [7, 11) is 2.56. The van der Waals surface area contributed by atoms with E-state index in [1.165, 1.54) is 12.1 Å². The van der Waals surface area contributed by atoms with E-state index in [1.54, 1.807) is 12.1 Å². The van der Waals surface area contributed by atoms with Gasteiger partial charge >= 0.3 is 0 Å². The lowest BCUT2D eigenvalue weighted by Gasteiger charge is -1.92. The van der Waals surface area contributed by atoms with Gasteiger partial charge in [-0.25, -0.2) is 0 Å². The van der Waals surface area contributed by atoms with Crippen molar-refractivity contribution in [1.29, 1.82) is 0 Å². The van der Waals surface area contributed by atoms with Crippen molar-refractivity contribution in [3.63, 3.8) is 0 Å². The minimum absolute atomic E-state index is 0.146. The normalized spacial score (nSPS) is 9.18. The Kier molecular flexibility index (Phi) is 2.61. The third kappa shape index (κ3) is 2.02. The molecule has 0 aliphatic heterocycles. The summed E-state index contributed by atoms with van der Waals surface area (Å²) in [5.41, 5.74) is 1.23. The summed E-state index contributed by atoms with van der Waals surface area (Å²) < 4.78 is 0. The fraction of sp³-hybridized carbons (Fsp3) is 0. The van der Waals surface area contributed by atoms with E-state index in [9.17, 15) is 10.1 Å². The zero-order valence-corrected chi connectivity index (χ0v) is 7.01. The van der Waals surface area contributed by atoms with Crippen LogP contribution in [0.15, 0.2) is 24.3 Å². The second-order valence-corrected chi connectivity index (χ2v) is 2.54. The van der Waals surface area contributed by atoms with Gasteiger partial charge in [-0.15, -0.1) is 0 Å². The Labute approximate surface area is 67.4 Å². The first-order valence-corrected chi connectivity index (χ1v) is 3.99. The highest BCUT2D eigenvalue weighted by molar-refractivity contribution is 7.58. The summed E-state index contributed by atoms with van der Waals surface area (Å²) in [6, 6.07) is 6.54. The van der Waals surface area contributed by atoms with Gasteiger partial charge in [0, 0.05) is 12.1 Å². The van der Waals surface area contributed by atoms with Gasteiger partial charge in [0.15, 0.2) is 7.00 Å². The van der Waals surface area contributed by atoms with Gasteiger partial charge in [0.05, 0.1) is 4.92 Å². The molecule has 0 bridgehead atoms. The van der Waals surface area contributed by atoms with Gasteiger partial charge in [0.2, 0.25) is 0 Å². The lowest BCUT2D eigenvalue weighted by molar-refractivity contribution is -0.384. The Morgan fingerprint density at radius 1 is 1.36 bits per heavy atom. The molecule has 0 spiro atoms. The smallest absolute Gasteiger partial charge is 0.258 e. The van der Waals surface area contributed by atoms with Gasteiger partial charge in [-0.05, 0) is 0 Å². The lowest BCUT2D eigenvalue weighted by Crippen LogP contribution is -2.06. The summed E-state index contributed by atoms with van der Waals surface area (Å²) >= 11 is 0. The van der Waals surface area contributed by atoms with Gasteiger partial charge in [-0.1, -0.05) is 17.6 Å². The van der Waals surface area contributed by atoms with Crippen LogP contribution in [0.5, 0.6) is 0 Å². The van der Waals surface area contributed by atoms with Gasteiger partial charge in [-0.3, -0.25) is 10.1 Å². The zero-order valence-electron chi connectivity index (χ0n) is 5.86. The number of nitro groups is 1. The van der Waals surface area contributed by atoms with Crippen molar-refractivity contribution in [3.05, 3.63) is 34.4 Å². The average Bonchev–Trinajstić information content (AvgIpc) is 2.05. The SMILES string of the molecule is O=[N+]([O-])c1ccc(BP)cc1. The van der Waals surface area contributed by atoms with E-state index in [0.717, 1.165) is 12.5 Å². The number of benzene rings is 1. The topological polar surface area (TPSA) is 43.1 Å². The van der Waals surface area contributed by atoms with Crippen LogP contribution in [0.3, 0.4) is 0 Å². The molecule has 0 saturated carbocycles. The van der Waals surface area contributed by atoms with E-state index in [1.807, 2.05) is 0 Å². The number of nitro benzene ring substituents is 1. The molecule has 11 heavy (non-hydrogen) atoms. The molecule has 1 aromatic carbocycles. The Bertz CT molecular complexity index is 262. The van der Waals surface area contributed by atoms with E-state index < -0.39 is 4.92 Å². The van der Waals surface area contributed by atoms with Crippen LogP contribution in [0.4, 0.5) is 5.69 Å². The second-order valence-electron chi connectivity index (χ2n) is 2.13. The third-order valence-electron chi connectivity index (χ3n) is 1.38. The van der Waals surface area contributed by atoms with Crippen LogP contribution < -0.4 is 5.46 Å². The van der Waals surface area contributed by atoms with Crippen LogP contribution in [0, 0.1) is 10.1 Å². The monoisotopic (exact) mass is 167 g/mol. The molecular formula is C6H7BNO2P. The molecule has 5 heteroatoms. The fourth-order valence-corrected chi connectivity index (χ4v) is 1.03. The molecule has 0 aliphatic rings. The average molecular weight is 167 g/mol. The number of hydrogen-bond acceptors (Lipinski definition) is 2. The Morgan fingerprint density at radius 2 is 1.91 bits per heavy atom. The van der Waals surface area contributed by atoms with Crippen molar-refractivity contribution in [2.75, 3.05) is 0 Å². The van der Waals surface area contributed by atoms with Crippen molar-refractivity contribution in [3.8, 4) is 0 Å². The summed E-state index contributed by atoms with van der Waals surface area (Å²) in [6.07, 6.45) is 0. The van der Waals surface area contributed by atoms with Crippen LogP contribution in [-0.2, 0) is 0 Å². The lowest BCUT2D eigenvalue weighted by atomic mass is 9.94. The molecule has 1 atom stereocenters. The van der Waals surface area contributed by atoms with Crippen molar-refractivity contribution in [2.24, 2.45) is 0 Å². The molecule has 0 N–H and O–H groups in total. The summed E-state index contributed by atoms with van der Waals surface area (Å²) in [6.45, 7) is 0.831. The molecule has 56 valence electrons. The maximum absolute atomic E-state index is 10.2. The molecule has 0 amide bonds. The maximum atomic E-state index is 10.2. The quantitative estimate of drug-likeness (QED) is 0.277. The zero-order chi connectivity index (χ0) is 8.27. The fourth-order valence-electron chi connectivity index (χ4n) is 0.754. The largest absolute Gasteiger partial charge is 0.269 e. The number of nitrogens with zero attached hydrogens (tertiary/aromatic N) is 1. The summed E-state index contributed by atoms with van der Waals surface area (Å²) in [4.78, 5) is 9.80. The van der Waals surface area contributed by atoms with E-state index >= 15 is 0 Å². The summed E-state index contributed by atoms with van der Waals surface area (Å²) in [5, 5.41) is 10.2. The Hall–Kier alpha value is -0.885. The predicted octanol–water partition coefficient (Wildman–Crippen LogP) is 0.447. The van der Waals surface area contributed by atoms with E-state index in [2.05, 4.69) is 9.12 Å². The predicted molar refractivity (Wildman–Crippen MR) is 49.6 cm³/mol. The maximum Gasteiger partial charge on any atom is 0.269 e. The van der Waals surface area contributed by atoms with Crippen molar-refractivity contribution < 1.29 is 4.92 Å². The van der Waals surface area contributed by atoms with E-state index in [0.29, 0.717) is 0 Å². The van der Waals surface area contributed by atoms with Crippen LogP contribution in [-0.4, -0.2) is 11.9 Å². The van der Waals surface area contributed by atoms with Crippen LogP contribution in [0.1, 0.15) is 0 Å². The van der Waals surface area contributed by atoms with E-state index in [4.69, 9.17) is 0 Å². The molecule has 0 saturated heterocycles. The minimum Gasteiger partial charge on any atom is -0.258 e. The van der Waals surface area contributed by atoms with Crippen molar-refractivity contribution >= 4 is 27.3 Å². The minimum atomic E-state index is -0.396. The molecule has 0 aliphatic carbocycles. The van der Waals surface area contributed by atoms with Crippen molar-refractivity contribution in [1.82, 2.24) is 0 Å². The number of non-ortho nitro benzene ring substituents is 1. The van der Waals surface area contributed by atoms with Gasteiger partial charge in [0.1, 0.15) is 0 Å². The first-order chi connectivity index (χ1) is 5.24. The van der Waals surface area contributed by atoms with Crippen LogP contribution in [0.2, 0.25) is 0 Å². The molecule has 0 radical (unpaired) electrons. The summed E-state index contributed by atoms with van der Waals surface area (Å²) in [5.74, 6) is 0. The van der Waals surface area contributed by atoms with Gasteiger partial charge in [0.25, 0.3) is 5.69 Å². The van der Waals surface area contributed by atoms with Crippen LogP contribution >= 0.6 is 9.12 Å². The molecule has 0 fully saturated rings. The van der Waals surface area contributed by atoms with Crippen molar-refractivity contribution in [2.45, 2.75) is 0 Å². The molecule has 1 rings (SSSR count). The highest BCUT2D eigenvalue weighted by Gasteiger charge is 2.02. The number of hydrogen-bond donors (Lipinski definition) is 0. The third-order valence-corrected chi connectivity index (χ3v) is 1.85. The number of rotatable bonds is 2. The Balaban J connectivity index is 2.91. The highest BCUT2D eigenvalue weighted by atomic mass is 31.0. The molecule has 1 unspecified atom stereocenters. The Morgan fingerprint density at radius 3 is 2.27 bits per heavy atom. The van der Waals surface area contributed by atoms with Crippen LogP contribution in [0.25, 0.3) is 0 Å². The molecule has 3 nitrogen and oxygen atoms in total. The first kappa shape index (κ1) is 8.21. The molecule has 1 aromatic rings. The van der Waals surface area contributed by atoms with E-state index in [-0.39, 0.29) is 5.69 Å². The first-order valence-electron chi connectivity index (χ1n) is 3.17. The highest BCUT2D eigenvalue weighted by Crippen LogP contribution is 2.06. The molecular weight excluding hydrogens is 160 g/mol. The standard InChI is InChI=1S/C6H7BNO2P/c9-8(10)6-3-1-5(7-11)2-4-6/h1-4,7H,11H2. The second kappa shape index (κ2) is 3.49. The van der Waals surface area contributed by atoms with Gasteiger partial charge < -0.3 is 0 Å². The van der Waals surface area contributed by atoms with Gasteiger partial charge in [-0.2, -0.15) is 9.12 Å². The molecule has 0 heterocycles.